The number of nitrogens with two attached hydrogens (primary N) is 1. The Morgan fingerprint density at radius 3 is 2.79 bits per heavy atom. The number of hydrogen-bond donors (Lipinski definition) is 1. The number of nitrogens with zero attached hydrogens (tertiary/aromatic N) is 4. The van der Waals surface area contributed by atoms with Gasteiger partial charge in [-0.25, -0.2) is 0 Å². The third-order valence-electron chi connectivity index (χ3n) is 2.98. The number of carbonyl (C=O) groups excluding carboxylic acids is 1. The molecule has 0 spiro atoms. The number of aryl methyl sites for hydroxylation is 1. The molecule has 1 aromatic carbocycles. The summed E-state index contributed by atoms with van der Waals surface area (Å²) in [5, 5.41) is 9.79. The standard InChI is InChI=1S/C13H13N5O/c1-17-8-9(7-15-17)11-6-13(19)18(16-11)12-5-3-2-4-10(12)14/h2-5,7-8H,6,14H2,1H3. The Bertz CT molecular complexity index is 673. The van der Waals surface area contributed by atoms with Gasteiger partial charge in [-0.2, -0.15) is 15.2 Å². The molecule has 3 rings (SSSR count). The second-order valence-corrected chi connectivity index (χ2v) is 4.39. The van der Waals surface area contributed by atoms with Crippen LogP contribution in [0.4, 0.5) is 11.4 Å². The fourth-order valence-corrected chi connectivity index (χ4v) is 2.03. The van der Waals surface area contributed by atoms with Crippen molar-refractivity contribution in [1.82, 2.24) is 9.78 Å². The number of amides is 1. The van der Waals surface area contributed by atoms with Crippen molar-refractivity contribution in [3.63, 3.8) is 0 Å². The highest BCUT2D eigenvalue weighted by molar-refractivity contribution is 6.19. The van der Waals surface area contributed by atoms with Gasteiger partial charge < -0.3 is 5.73 Å². The van der Waals surface area contributed by atoms with Crippen LogP contribution >= 0.6 is 0 Å². The number of anilines is 2. The zero-order chi connectivity index (χ0) is 13.4. The van der Waals surface area contributed by atoms with Crippen LogP contribution in [-0.2, 0) is 11.8 Å². The molecule has 6 nitrogen and oxygen atoms in total. The van der Waals surface area contributed by atoms with Gasteiger partial charge in [0.05, 0.1) is 29.7 Å². The normalized spacial score (nSPS) is 14.9. The molecule has 1 aliphatic rings. The Kier molecular flexibility index (Phi) is 2.56. The predicted molar refractivity (Wildman–Crippen MR) is 72.7 cm³/mol. The lowest BCUT2D eigenvalue weighted by molar-refractivity contribution is -0.116. The molecule has 2 aromatic rings. The minimum Gasteiger partial charge on any atom is -0.397 e. The van der Waals surface area contributed by atoms with Gasteiger partial charge in [0.2, 0.25) is 0 Å². The SMILES string of the molecule is Cn1cc(C2=NN(c3ccccc3N)C(=O)C2)cn1. The average molecular weight is 255 g/mol. The van der Waals surface area contributed by atoms with E-state index in [0.29, 0.717) is 17.1 Å². The van der Waals surface area contributed by atoms with Crippen LogP contribution in [0.1, 0.15) is 12.0 Å². The molecule has 0 saturated carbocycles. The van der Waals surface area contributed by atoms with E-state index in [4.69, 9.17) is 5.73 Å². The molecular weight excluding hydrogens is 242 g/mol. The summed E-state index contributed by atoms with van der Waals surface area (Å²) in [5.41, 5.74) is 8.59. The Hall–Kier alpha value is -2.63. The van der Waals surface area contributed by atoms with E-state index in [1.165, 1.54) is 5.01 Å². The Morgan fingerprint density at radius 1 is 1.32 bits per heavy atom. The van der Waals surface area contributed by atoms with Gasteiger partial charge in [-0.3, -0.25) is 9.48 Å². The van der Waals surface area contributed by atoms with Gasteiger partial charge in [0.25, 0.3) is 5.91 Å². The van der Waals surface area contributed by atoms with Crippen LogP contribution in [0.25, 0.3) is 0 Å². The van der Waals surface area contributed by atoms with Crippen molar-refractivity contribution in [2.75, 3.05) is 10.7 Å². The average Bonchev–Trinajstić information content (AvgIpc) is 2.96. The van der Waals surface area contributed by atoms with Crippen LogP contribution in [0.3, 0.4) is 0 Å². The van der Waals surface area contributed by atoms with Crippen LogP contribution < -0.4 is 10.7 Å². The van der Waals surface area contributed by atoms with Gasteiger partial charge in [0.1, 0.15) is 0 Å². The van der Waals surface area contributed by atoms with Crippen molar-refractivity contribution < 1.29 is 4.79 Å². The lowest BCUT2D eigenvalue weighted by atomic mass is 10.1. The Labute approximate surface area is 110 Å². The maximum absolute atomic E-state index is 12.0. The van der Waals surface area contributed by atoms with Crippen molar-refractivity contribution in [3.8, 4) is 0 Å². The summed E-state index contributed by atoms with van der Waals surface area (Å²) in [6, 6.07) is 7.19. The molecule has 96 valence electrons. The van der Waals surface area contributed by atoms with E-state index in [-0.39, 0.29) is 12.3 Å². The largest absolute Gasteiger partial charge is 0.397 e. The molecule has 1 aromatic heterocycles. The second kappa shape index (κ2) is 4.24. The summed E-state index contributed by atoms with van der Waals surface area (Å²) in [7, 11) is 1.83. The molecule has 0 unspecified atom stereocenters. The zero-order valence-electron chi connectivity index (χ0n) is 10.4. The predicted octanol–water partition coefficient (Wildman–Crippen LogP) is 1.14. The second-order valence-electron chi connectivity index (χ2n) is 4.39. The molecule has 1 aliphatic heterocycles. The van der Waals surface area contributed by atoms with Crippen molar-refractivity contribution in [3.05, 3.63) is 42.2 Å². The monoisotopic (exact) mass is 255 g/mol. The maximum atomic E-state index is 12.0. The molecule has 0 bridgehead atoms. The highest BCUT2D eigenvalue weighted by Crippen LogP contribution is 2.27. The fourth-order valence-electron chi connectivity index (χ4n) is 2.03. The molecule has 2 heterocycles. The number of hydrogen-bond acceptors (Lipinski definition) is 4. The minimum atomic E-state index is -0.0863. The van der Waals surface area contributed by atoms with Gasteiger partial charge in [-0.15, -0.1) is 0 Å². The van der Waals surface area contributed by atoms with E-state index in [1.807, 2.05) is 25.4 Å². The molecule has 0 saturated heterocycles. The quantitative estimate of drug-likeness (QED) is 0.817. The number of benzene rings is 1. The summed E-state index contributed by atoms with van der Waals surface area (Å²) < 4.78 is 1.68. The molecule has 1 amide bonds. The molecule has 0 aliphatic carbocycles. The minimum absolute atomic E-state index is 0.0863. The number of carbonyl (C=O) groups is 1. The highest BCUT2D eigenvalue weighted by atomic mass is 16.2. The smallest absolute Gasteiger partial charge is 0.253 e. The first kappa shape index (κ1) is 11.5. The van der Waals surface area contributed by atoms with Crippen molar-refractivity contribution in [2.24, 2.45) is 12.1 Å². The molecule has 0 atom stereocenters. The first-order chi connectivity index (χ1) is 9.15. The third-order valence-corrected chi connectivity index (χ3v) is 2.98. The van der Waals surface area contributed by atoms with E-state index < -0.39 is 0 Å². The molecule has 19 heavy (non-hydrogen) atoms. The lowest BCUT2D eigenvalue weighted by Crippen LogP contribution is -2.20. The van der Waals surface area contributed by atoms with Crippen LogP contribution in [0.2, 0.25) is 0 Å². The number of para-hydroxylation sites is 2. The fraction of sp³-hybridized carbons (Fsp3) is 0.154. The van der Waals surface area contributed by atoms with Gasteiger partial charge >= 0.3 is 0 Å². The molecule has 2 N–H and O–H groups in total. The number of hydrazone groups is 1. The highest BCUT2D eigenvalue weighted by Gasteiger charge is 2.27. The Morgan fingerprint density at radius 2 is 2.11 bits per heavy atom. The first-order valence-corrected chi connectivity index (χ1v) is 5.89. The van der Waals surface area contributed by atoms with Crippen LogP contribution in [-0.4, -0.2) is 21.4 Å². The van der Waals surface area contributed by atoms with Crippen molar-refractivity contribution in [1.29, 1.82) is 0 Å². The lowest BCUT2D eigenvalue weighted by Gasteiger charge is -2.13. The number of rotatable bonds is 2. The molecule has 0 radical (unpaired) electrons. The molecule has 6 heteroatoms. The molecular formula is C13H13N5O. The maximum Gasteiger partial charge on any atom is 0.253 e. The van der Waals surface area contributed by atoms with Crippen LogP contribution in [0.5, 0.6) is 0 Å². The van der Waals surface area contributed by atoms with E-state index in [2.05, 4.69) is 10.2 Å². The van der Waals surface area contributed by atoms with Gasteiger partial charge in [-0.1, -0.05) is 12.1 Å². The van der Waals surface area contributed by atoms with Crippen LogP contribution in [0.15, 0.2) is 41.8 Å². The topological polar surface area (TPSA) is 76.5 Å². The summed E-state index contributed by atoms with van der Waals surface area (Å²) in [6.07, 6.45) is 3.80. The van der Waals surface area contributed by atoms with E-state index >= 15 is 0 Å². The zero-order valence-corrected chi connectivity index (χ0v) is 10.4. The summed E-state index contributed by atoms with van der Waals surface area (Å²) >= 11 is 0. The van der Waals surface area contributed by atoms with E-state index in [9.17, 15) is 4.79 Å². The van der Waals surface area contributed by atoms with Crippen molar-refractivity contribution >= 4 is 23.0 Å². The van der Waals surface area contributed by atoms with Crippen LogP contribution in [0, 0.1) is 0 Å². The van der Waals surface area contributed by atoms with Gasteiger partial charge in [-0.05, 0) is 12.1 Å². The summed E-state index contributed by atoms with van der Waals surface area (Å²) in [5.74, 6) is -0.0863. The number of nitrogen functional groups attached to an aromatic ring is 1. The summed E-state index contributed by atoms with van der Waals surface area (Å²) in [6.45, 7) is 0. The van der Waals surface area contributed by atoms with E-state index in [0.717, 1.165) is 5.56 Å². The van der Waals surface area contributed by atoms with Gasteiger partial charge in [0, 0.05) is 18.8 Å². The molecule has 0 fully saturated rings. The first-order valence-electron chi connectivity index (χ1n) is 5.89. The van der Waals surface area contributed by atoms with Crippen molar-refractivity contribution in [2.45, 2.75) is 6.42 Å². The third kappa shape index (κ3) is 1.97. The summed E-state index contributed by atoms with van der Waals surface area (Å²) in [4.78, 5) is 12.0. The Balaban J connectivity index is 1.98. The van der Waals surface area contributed by atoms with E-state index in [1.54, 1.807) is 23.0 Å². The van der Waals surface area contributed by atoms with Gasteiger partial charge in [0.15, 0.2) is 0 Å². The number of aromatic nitrogens is 2.